The summed E-state index contributed by atoms with van der Waals surface area (Å²) in [4.78, 5) is 4.90. The van der Waals surface area contributed by atoms with Crippen LogP contribution in [-0.2, 0) is 0 Å². The summed E-state index contributed by atoms with van der Waals surface area (Å²) in [6.07, 6.45) is 11.3. The van der Waals surface area contributed by atoms with Gasteiger partial charge in [-0.1, -0.05) is 87.6 Å². The first kappa shape index (κ1) is 29.1. The molecule has 0 fully saturated rings. The minimum atomic E-state index is 0.639. The fraction of sp³-hybridized carbons (Fsp3) is 0.367. The Morgan fingerprint density at radius 2 is 1.72 bits per heavy atom. The van der Waals surface area contributed by atoms with Crippen LogP contribution in [0.15, 0.2) is 94.8 Å². The fourth-order valence-corrected chi connectivity index (χ4v) is 3.00. The van der Waals surface area contributed by atoms with Crippen LogP contribution in [0.5, 0.6) is 0 Å². The molecule has 0 aliphatic rings. The van der Waals surface area contributed by atoms with Gasteiger partial charge in [0.1, 0.15) is 0 Å². The maximum absolute atomic E-state index is 5.43. The van der Waals surface area contributed by atoms with E-state index >= 15 is 0 Å². The quantitative estimate of drug-likeness (QED) is 0.324. The highest BCUT2D eigenvalue weighted by atomic mass is 14.8. The molecule has 0 saturated heterocycles. The molecule has 1 atom stereocenters. The molecule has 0 aliphatic carbocycles. The molecule has 2 N–H and O–H groups in total. The topological polar surface area (TPSA) is 38.4 Å². The second-order valence-corrected chi connectivity index (χ2v) is 8.49. The van der Waals surface area contributed by atoms with Gasteiger partial charge in [0.05, 0.1) is 5.70 Å². The van der Waals surface area contributed by atoms with Gasteiger partial charge in [0.15, 0.2) is 0 Å². The Balaban J connectivity index is 0.00000102. The lowest BCUT2D eigenvalue weighted by Gasteiger charge is -2.12. The minimum Gasteiger partial charge on any atom is -0.403 e. The van der Waals surface area contributed by atoms with Gasteiger partial charge in [0.2, 0.25) is 0 Å². The van der Waals surface area contributed by atoms with Gasteiger partial charge in [0.25, 0.3) is 0 Å². The van der Waals surface area contributed by atoms with Crippen LogP contribution in [0.2, 0.25) is 0 Å². The predicted molar refractivity (Wildman–Crippen MR) is 146 cm³/mol. The monoisotopic (exact) mass is 432 g/mol. The molecule has 2 heteroatoms. The van der Waals surface area contributed by atoms with Crippen molar-refractivity contribution in [2.45, 2.75) is 68.7 Å². The molecule has 0 radical (unpaired) electrons. The molecule has 1 aromatic carbocycles. The smallest absolute Gasteiger partial charge is 0.0731 e. The van der Waals surface area contributed by atoms with E-state index in [4.69, 9.17) is 10.7 Å². The number of nitrogens with two attached hydrogens (primary N) is 1. The molecule has 0 amide bonds. The van der Waals surface area contributed by atoms with Crippen LogP contribution >= 0.6 is 0 Å². The number of allylic oxidation sites excluding steroid dienone is 8. The zero-order chi connectivity index (χ0) is 24.8. The van der Waals surface area contributed by atoms with Gasteiger partial charge < -0.3 is 5.73 Å². The van der Waals surface area contributed by atoms with Gasteiger partial charge in [-0.3, -0.25) is 4.99 Å². The minimum absolute atomic E-state index is 0.639. The summed E-state index contributed by atoms with van der Waals surface area (Å²) in [5, 5.41) is 0. The van der Waals surface area contributed by atoms with Crippen molar-refractivity contribution in [1.29, 1.82) is 0 Å². The summed E-state index contributed by atoms with van der Waals surface area (Å²) in [6.45, 7) is 26.7. The molecule has 32 heavy (non-hydrogen) atoms. The van der Waals surface area contributed by atoms with Crippen molar-refractivity contribution in [3.63, 3.8) is 0 Å². The highest BCUT2D eigenvalue weighted by molar-refractivity contribution is 6.01. The average Bonchev–Trinajstić information content (AvgIpc) is 2.71. The Bertz CT molecular complexity index is 930. The first-order valence-corrected chi connectivity index (χ1v) is 11.4. The van der Waals surface area contributed by atoms with Gasteiger partial charge in [-0.25, -0.2) is 0 Å². The Labute approximate surface area is 197 Å². The van der Waals surface area contributed by atoms with E-state index in [1.165, 1.54) is 17.5 Å². The van der Waals surface area contributed by atoms with Crippen LogP contribution in [0, 0.1) is 19.8 Å². The van der Waals surface area contributed by atoms with Gasteiger partial charge >= 0.3 is 0 Å². The summed E-state index contributed by atoms with van der Waals surface area (Å²) in [5.41, 5.74) is 14.8. The third kappa shape index (κ3) is 10.9. The number of rotatable bonds is 8. The van der Waals surface area contributed by atoms with Gasteiger partial charge in [-0.2, -0.15) is 0 Å². The number of nitrogens with zero attached hydrogens (tertiary/aromatic N) is 1. The molecular weight excluding hydrogens is 388 g/mol. The van der Waals surface area contributed by atoms with Crippen molar-refractivity contribution >= 4 is 5.71 Å². The van der Waals surface area contributed by atoms with Crippen molar-refractivity contribution in [3.8, 4) is 0 Å². The Kier molecular flexibility index (Phi) is 13.7. The standard InChI is InChI=1S/C23H29N.C7H15N/c1-9-10-11-12-18(5)23(20(7)16(2)3)24-21(8)22-14-13-17(4)15-19(22)6;1-4-6(2)5-7(3)8/h9-15H,2,7H2,1,3-6,8H3;5-6H,4,8H2,1-3H3/b10-9-,12-11-,23-18+,24-21?;7-5+. The molecule has 2 nitrogen and oxygen atoms in total. The highest BCUT2D eigenvalue weighted by Crippen LogP contribution is 2.23. The number of aliphatic imine (C=N–C) groups is 1. The van der Waals surface area contributed by atoms with Crippen molar-refractivity contribution in [1.82, 2.24) is 0 Å². The van der Waals surface area contributed by atoms with Crippen LogP contribution in [-0.4, -0.2) is 5.71 Å². The zero-order valence-corrected chi connectivity index (χ0v) is 21.8. The third-order valence-corrected chi connectivity index (χ3v) is 5.07. The Hall–Kier alpha value is -2.87. The molecular formula is C30H44N2. The van der Waals surface area contributed by atoms with Gasteiger partial charge in [-0.05, 0) is 82.2 Å². The second-order valence-electron chi connectivity index (χ2n) is 8.49. The molecule has 0 aliphatic heterocycles. The largest absolute Gasteiger partial charge is 0.403 e. The molecule has 174 valence electrons. The fourth-order valence-electron chi connectivity index (χ4n) is 3.00. The second kappa shape index (κ2) is 15.0. The zero-order valence-electron chi connectivity index (χ0n) is 21.8. The molecule has 1 aromatic rings. The lowest BCUT2D eigenvalue weighted by atomic mass is 10.0. The summed E-state index contributed by atoms with van der Waals surface area (Å²) in [6, 6.07) is 6.44. The summed E-state index contributed by atoms with van der Waals surface area (Å²) in [7, 11) is 0. The molecule has 0 spiro atoms. The van der Waals surface area contributed by atoms with Gasteiger partial charge in [0, 0.05) is 11.4 Å². The first-order valence-electron chi connectivity index (χ1n) is 11.4. The van der Waals surface area contributed by atoms with Crippen LogP contribution in [0.4, 0.5) is 0 Å². The molecule has 0 saturated carbocycles. The van der Waals surface area contributed by atoms with Crippen LogP contribution in [0.3, 0.4) is 0 Å². The lowest BCUT2D eigenvalue weighted by Crippen LogP contribution is -2.01. The Morgan fingerprint density at radius 3 is 2.16 bits per heavy atom. The third-order valence-electron chi connectivity index (χ3n) is 5.07. The first-order chi connectivity index (χ1) is 14.9. The summed E-state index contributed by atoms with van der Waals surface area (Å²) < 4.78 is 0. The normalized spacial score (nSPS) is 14.2. The van der Waals surface area contributed by atoms with E-state index in [-0.39, 0.29) is 0 Å². The van der Waals surface area contributed by atoms with E-state index < -0.39 is 0 Å². The van der Waals surface area contributed by atoms with Crippen LogP contribution in [0.1, 0.15) is 71.6 Å². The number of aryl methyl sites for hydroxylation is 2. The van der Waals surface area contributed by atoms with Crippen molar-refractivity contribution in [2.75, 3.05) is 0 Å². The molecule has 1 rings (SSSR count). The number of benzene rings is 1. The summed E-state index contributed by atoms with van der Waals surface area (Å²) >= 11 is 0. The summed E-state index contributed by atoms with van der Waals surface area (Å²) in [5.74, 6) is 0.639. The number of hydrogen-bond acceptors (Lipinski definition) is 2. The van der Waals surface area contributed by atoms with Gasteiger partial charge in [-0.15, -0.1) is 0 Å². The maximum Gasteiger partial charge on any atom is 0.0731 e. The Morgan fingerprint density at radius 1 is 1.09 bits per heavy atom. The van der Waals surface area contributed by atoms with Crippen LogP contribution in [0.25, 0.3) is 0 Å². The van der Waals surface area contributed by atoms with E-state index in [1.54, 1.807) is 0 Å². The highest BCUT2D eigenvalue weighted by Gasteiger charge is 2.09. The average molecular weight is 433 g/mol. The van der Waals surface area contributed by atoms with E-state index in [0.717, 1.165) is 39.4 Å². The molecule has 0 bridgehead atoms. The lowest BCUT2D eigenvalue weighted by molar-refractivity contribution is 0.692. The molecule has 0 aromatic heterocycles. The SMILES string of the molecule is C=C(C)C(=C)\C(N=C(C)c1ccc(C)cc1C)=C(C)/C=C\C=C/C.CCC(C)/C=C(\C)N. The van der Waals surface area contributed by atoms with Crippen molar-refractivity contribution in [2.24, 2.45) is 16.6 Å². The molecule has 0 heterocycles. The van der Waals surface area contributed by atoms with E-state index in [1.807, 2.05) is 45.9 Å². The number of hydrogen-bond donors (Lipinski definition) is 1. The van der Waals surface area contributed by atoms with Crippen molar-refractivity contribution < 1.29 is 0 Å². The predicted octanol–water partition coefficient (Wildman–Crippen LogP) is 8.55. The van der Waals surface area contributed by atoms with E-state index in [9.17, 15) is 0 Å². The van der Waals surface area contributed by atoms with E-state index in [0.29, 0.717) is 5.92 Å². The van der Waals surface area contributed by atoms with Crippen LogP contribution < -0.4 is 5.73 Å². The maximum atomic E-state index is 5.43. The van der Waals surface area contributed by atoms with Crippen molar-refractivity contribution in [3.05, 3.63) is 107 Å². The van der Waals surface area contributed by atoms with E-state index in [2.05, 4.69) is 78.1 Å². The molecule has 1 unspecified atom stereocenters.